The number of hydrogen-bond donors (Lipinski definition) is 0. The highest BCUT2D eigenvalue weighted by atomic mass is 16.5. The summed E-state index contributed by atoms with van der Waals surface area (Å²) in [7, 11) is 0. The molecule has 0 amide bonds. The van der Waals surface area contributed by atoms with Gasteiger partial charge in [-0.25, -0.2) is 4.79 Å². The fourth-order valence-electron chi connectivity index (χ4n) is 4.96. The molecular weight excluding hydrogens is 424 g/mol. The standard InChI is InChI=1S/C30H42O4/c1-4-6-8-9-10-22(3)33-30(32)27-17-16-26-21-28(19-18-25(26)20-27)34-29(31)24-14-12-23(13-15-24)11-7-5-2/h16-24H,4-15H2,1-3H3/t22-,23?,24?/m1/s1. The molecule has 4 heteroatoms. The summed E-state index contributed by atoms with van der Waals surface area (Å²) in [5, 5.41) is 1.87. The quantitative estimate of drug-likeness (QED) is 0.179. The Kier molecular flexibility index (Phi) is 10.4. The normalized spacial score (nSPS) is 19.0. The third-order valence-electron chi connectivity index (χ3n) is 7.18. The first-order valence-electron chi connectivity index (χ1n) is 13.5. The van der Waals surface area contributed by atoms with Crippen molar-refractivity contribution in [3.8, 4) is 5.75 Å². The van der Waals surface area contributed by atoms with E-state index in [1.807, 2.05) is 37.3 Å². The number of ether oxygens (including phenoxy) is 2. The largest absolute Gasteiger partial charge is 0.459 e. The Bertz CT molecular complexity index is 927. The van der Waals surface area contributed by atoms with Gasteiger partial charge in [0.15, 0.2) is 0 Å². The molecule has 186 valence electrons. The van der Waals surface area contributed by atoms with Crippen LogP contribution in [0.25, 0.3) is 10.8 Å². The number of carbonyl (C=O) groups excluding carboxylic acids is 2. The molecule has 1 aliphatic rings. The first-order chi connectivity index (χ1) is 16.5. The van der Waals surface area contributed by atoms with Crippen molar-refractivity contribution in [1.29, 1.82) is 0 Å². The van der Waals surface area contributed by atoms with E-state index in [2.05, 4.69) is 13.8 Å². The van der Waals surface area contributed by atoms with Crippen LogP contribution >= 0.6 is 0 Å². The van der Waals surface area contributed by atoms with Gasteiger partial charge in [0.05, 0.1) is 17.6 Å². The lowest BCUT2D eigenvalue weighted by Gasteiger charge is -2.27. The molecule has 0 heterocycles. The maximum absolute atomic E-state index is 12.7. The second-order valence-corrected chi connectivity index (χ2v) is 10.1. The summed E-state index contributed by atoms with van der Waals surface area (Å²) >= 11 is 0. The van der Waals surface area contributed by atoms with E-state index < -0.39 is 0 Å². The highest BCUT2D eigenvalue weighted by molar-refractivity contribution is 5.96. The van der Waals surface area contributed by atoms with E-state index in [1.54, 1.807) is 6.07 Å². The molecule has 0 aliphatic heterocycles. The van der Waals surface area contributed by atoms with Crippen LogP contribution in [0.4, 0.5) is 0 Å². The van der Waals surface area contributed by atoms with Crippen molar-refractivity contribution >= 4 is 22.7 Å². The monoisotopic (exact) mass is 466 g/mol. The molecule has 3 rings (SSSR count). The average molecular weight is 467 g/mol. The smallest absolute Gasteiger partial charge is 0.338 e. The predicted molar refractivity (Wildman–Crippen MR) is 138 cm³/mol. The minimum atomic E-state index is -0.282. The molecule has 0 N–H and O–H groups in total. The van der Waals surface area contributed by atoms with Crippen molar-refractivity contribution < 1.29 is 19.1 Å². The molecule has 1 aliphatic carbocycles. The van der Waals surface area contributed by atoms with Crippen molar-refractivity contribution in [2.75, 3.05) is 0 Å². The molecule has 0 radical (unpaired) electrons. The van der Waals surface area contributed by atoms with Crippen LogP contribution in [-0.4, -0.2) is 18.0 Å². The molecule has 2 aromatic rings. The number of fused-ring (bicyclic) bond motifs is 1. The summed E-state index contributed by atoms with van der Waals surface area (Å²) in [5.74, 6) is 0.960. The maximum Gasteiger partial charge on any atom is 0.338 e. The second-order valence-electron chi connectivity index (χ2n) is 10.1. The number of esters is 2. The Balaban J connectivity index is 1.53. The van der Waals surface area contributed by atoms with E-state index in [0.717, 1.165) is 55.2 Å². The Morgan fingerprint density at radius 3 is 2.32 bits per heavy atom. The summed E-state index contributed by atoms with van der Waals surface area (Å²) in [5.41, 5.74) is 0.553. The third-order valence-corrected chi connectivity index (χ3v) is 7.18. The van der Waals surface area contributed by atoms with Gasteiger partial charge >= 0.3 is 11.9 Å². The number of unbranched alkanes of at least 4 members (excludes halogenated alkanes) is 4. The zero-order valence-electron chi connectivity index (χ0n) is 21.3. The molecule has 0 bridgehead atoms. The van der Waals surface area contributed by atoms with Gasteiger partial charge < -0.3 is 9.47 Å². The molecular formula is C30H42O4. The molecule has 0 spiro atoms. The number of carbonyl (C=O) groups is 2. The lowest BCUT2D eigenvalue weighted by molar-refractivity contribution is -0.140. The first kappa shape index (κ1) is 26.2. The van der Waals surface area contributed by atoms with Gasteiger partial charge in [-0.2, -0.15) is 0 Å². The summed E-state index contributed by atoms with van der Waals surface area (Å²) in [4.78, 5) is 25.3. The Hall–Kier alpha value is -2.36. The zero-order chi connectivity index (χ0) is 24.3. The van der Waals surface area contributed by atoms with Gasteiger partial charge in [-0.3, -0.25) is 4.79 Å². The molecule has 0 saturated heterocycles. The molecule has 1 atom stereocenters. The van der Waals surface area contributed by atoms with Gasteiger partial charge in [-0.15, -0.1) is 0 Å². The molecule has 0 aromatic heterocycles. The zero-order valence-corrected chi connectivity index (χ0v) is 21.3. The topological polar surface area (TPSA) is 52.6 Å². The second kappa shape index (κ2) is 13.5. The number of hydrogen-bond acceptors (Lipinski definition) is 4. The minimum absolute atomic E-state index is 0.00896. The number of benzene rings is 2. The van der Waals surface area contributed by atoms with Crippen LogP contribution < -0.4 is 4.74 Å². The van der Waals surface area contributed by atoms with Gasteiger partial charge in [0.25, 0.3) is 0 Å². The molecule has 2 aromatic carbocycles. The van der Waals surface area contributed by atoms with Crippen molar-refractivity contribution in [2.45, 2.75) is 104 Å². The average Bonchev–Trinajstić information content (AvgIpc) is 2.85. The lowest BCUT2D eigenvalue weighted by Crippen LogP contribution is -2.25. The fourth-order valence-corrected chi connectivity index (χ4v) is 4.96. The summed E-state index contributed by atoms with van der Waals surface area (Å²) in [6, 6.07) is 11.1. The van der Waals surface area contributed by atoms with Crippen molar-refractivity contribution in [2.24, 2.45) is 11.8 Å². The van der Waals surface area contributed by atoms with Crippen LogP contribution in [0, 0.1) is 11.8 Å². The molecule has 0 unspecified atom stereocenters. The summed E-state index contributed by atoms with van der Waals surface area (Å²) < 4.78 is 11.4. The van der Waals surface area contributed by atoms with E-state index in [4.69, 9.17) is 9.47 Å². The van der Waals surface area contributed by atoms with E-state index in [1.165, 1.54) is 38.5 Å². The first-order valence-corrected chi connectivity index (χ1v) is 13.5. The highest BCUT2D eigenvalue weighted by Crippen LogP contribution is 2.33. The van der Waals surface area contributed by atoms with Crippen molar-refractivity contribution in [1.82, 2.24) is 0 Å². The maximum atomic E-state index is 12.7. The van der Waals surface area contributed by atoms with E-state index in [9.17, 15) is 9.59 Å². The Morgan fingerprint density at radius 2 is 1.59 bits per heavy atom. The SMILES string of the molecule is CCCCCC[C@@H](C)OC(=O)c1ccc2cc(OC(=O)C3CCC(CCCC)CC3)ccc2c1. The third kappa shape index (κ3) is 7.85. The molecule has 4 nitrogen and oxygen atoms in total. The van der Waals surface area contributed by atoms with Crippen LogP contribution in [0.3, 0.4) is 0 Å². The van der Waals surface area contributed by atoms with Gasteiger partial charge in [-0.05, 0) is 86.4 Å². The molecule has 34 heavy (non-hydrogen) atoms. The van der Waals surface area contributed by atoms with E-state index in [-0.39, 0.29) is 24.0 Å². The van der Waals surface area contributed by atoms with Crippen LogP contribution in [0.5, 0.6) is 5.75 Å². The minimum Gasteiger partial charge on any atom is -0.459 e. The summed E-state index contributed by atoms with van der Waals surface area (Å²) in [6.45, 7) is 6.38. The van der Waals surface area contributed by atoms with Crippen LogP contribution in [-0.2, 0) is 9.53 Å². The van der Waals surface area contributed by atoms with Crippen LogP contribution in [0.15, 0.2) is 36.4 Å². The van der Waals surface area contributed by atoms with Crippen molar-refractivity contribution in [3.05, 3.63) is 42.0 Å². The predicted octanol–water partition coefficient (Wildman–Crippen LogP) is 8.26. The van der Waals surface area contributed by atoms with Gasteiger partial charge in [0, 0.05) is 0 Å². The van der Waals surface area contributed by atoms with Crippen LogP contribution in [0.1, 0.15) is 108 Å². The fraction of sp³-hybridized carbons (Fsp3) is 0.600. The molecule has 1 fully saturated rings. The molecule has 1 saturated carbocycles. The Morgan fingerprint density at radius 1 is 0.882 bits per heavy atom. The number of rotatable bonds is 12. The highest BCUT2D eigenvalue weighted by Gasteiger charge is 2.27. The van der Waals surface area contributed by atoms with Gasteiger partial charge in [-0.1, -0.05) is 64.5 Å². The van der Waals surface area contributed by atoms with Gasteiger partial charge in [0.2, 0.25) is 0 Å². The van der Waals surface area contributed by atoms with E-state index >= 15 is 0 Å². The van der Waals surface area contributed by atoms with Crippen LogP contribution in [0.2, 0.25) is 0 Å². The van der Waals surface area contributed by atoms with E-state index in [0.29, 0.717) is 11.3 Å². The van der Waals surface area contributed by atoms with Gasteiger partial charge in [0.1, 0.15) is 5.75 Å². The Labute approximate surface area is 205 Å². The van der Waals surface area contributed by atoms with Crippen molar-refractivity contribution in [3.63, 3.8) is 0 Å². The lowest BCUT2D eigenvalue weighted by atomic mass is 9.80. The summed E-state index contributed by atoms with van der Waals surface area (Å²) in [6.07, 6.45) is 13.5.